The Hall–Kier alpha value is -2.58. The molecule has 0 aromatic heterocycles. The number of anilines is 1. The predicted octanol–water partition coefficient (Wildman–Crippen LogP) is -0.430. The van der Waals surface area contributed by atoms with Crippen molar-refractivity contribution in [1.29, 1.82) is 0 Å². The van der Waals surface area contributed by atoms with Crippen molar-refractivity contribution < 1.29 is 24.0 Å². The van der Waals surface area contributed by atoms with Crippen LogP contribution in [-0.2, 0) is 14.3 Å². The fourth-order valence-electron chi connectivity index (χ4n) is 3.27. The molecule has 4 amide bonds. The Balaban J connectivity index is 1.60. The number of imide groups is 2. The molecule has 1 aromatic carbocycles. The zero-order chi connectivity index (χ0) is 19.2. The van der Waals surface area contributed by atoms with Gasteiger partial charge in [-0.15, -0.1) is 0 Å². The number of aryl methyl sites for hydroxylation is 1. The number of ether oxygens (including phenoxy) is 1. The summed E-state index contributed by atoms with van der Waals surface area (Å²) in [5.41, 5.74) is 1.25. The van der Waals surface area contributed by atoms with Crippen molar-refractivity contribution in [1.82, 2.24) is 5.32 Å². The SMILES string of the molecule is Cc1ccccc1N1C(=O)NC(=O)[C@@H](C=NCCC[NH+]2CCOCC2)C1=O. The Morgan fingerprint density at radius 1 is 1.26 bits per heavy atom. The number of aliphatic imine (C=N–C) groups is 1. The van der Waals surface area contributed by atoms with E-state index < -0.39 is 23.8 Å². The lowest BCUT2D eigenvalue weighted by molar-refractivity contribution is -0.908. The number of nitrogens with zero attached hydrogens (tertiary/aromatic N) is 2. The van der Waals surface area contributed by atoms with Gasteiger partial charge in [-0.3, -0.25) is 19.9 Å². The molecule has 3 rings (SSSR count). The largest absolute Gasteiger partial charge is 0.370 e. The number of barbiturate groups is 1. The van der Waals surface area contributed by atoms with Crippen LogP contribution in [0.1, 0.15) is 12.0 Å². The van der Waals surface area contributed by atoms with E-state index in [-0.39, 0.29) is 0 Å². The minimum absolute atomic E-state index is 0.474. The number of amides is 4. The number of para-hydroxylation sites is 1. The smallest absolute Gasteiger partial charge is 0.335 e. The van der Waals surface area contributed by atoms with Gasteiger partial charge in [-0.1, -0.05) is 18.2 Å². The van der Waals surface area contributed by atoms with Gasteiger partial charge in [0.15, 0.2) is 5.92 Å². The van der Waals surface area contributed by atoms with E-state index in [2.05, 4.69) is 10.3 Å². The van der Waals surface area contributed by atoms with Crippen LogP contribution in [0.4, 0.5) is 10.5 Å². The molecule has 0 unspecified atom stereocenters. The molecule has 0 aliphatic carbocycles. The maximum atomic E-state index is 12.7. The van der Waals surface area contributed by atoms with Crippen molar-refractivity contribution in [3.8, 4) is 0 Å². The molecular weight excluding hydrogens is 348 g/mol. The van der Waals surface area contributed by atoms with E-state index in [1.807, 2.05) is 19.1 Å². The van der Waals surface area contributed by atoms with Crippen LogP contribution >= 0.6 is 0 Å². The molecule has 2 aliphatic heterocycles. The third-order valence-electron chi connectivity index (χ3n) is 4.83. The molecule has 1 aromatic rings. The Morgan fingerprint density at radius 2 is 2.00 bits per heavy atom. The van der Waals surface area contributed by atoms with Gasteiger partial charge in [-0.25, -0.2) is 9.69 Å². The first-order valence-corrected chi connectivity index (χ1v) is 9.23. The van der Waals surface area contributed by atoms with Crippen LogP contribution in [0.2, 0.25) is 0 Å². The minimum Gasteiger partial charge on any atom is -0.370 e. The number of carbonyl (C=O) groups excluding carboxylic acids is 3. The van der Waals surface area contributed by atoms with Crippen molar-refractivity contribution in [3.05, 3.63) is 29.8 Å². The molecule has 27 heavy (non-hydrogen) atoms. The number of benzene rings is 1. The minimum atomic E-state index is -1.09. The number of rotatable bonds is 6. The summed E-state index contributed by atoms with van der Waals surface area (Å²) in [4.78, 5) is 43.8. The van der Waals surface area contributed by atoms with Gasteiger partial charge < -0.3 is 9.64 Å². The van der Waals surface area contributed by atoms with Crippen LogP contribution in [0, 0.1) is 12.8 Å². The monoisotopic (exact) mass is 373 g/mol. The number of morpholine rings is 1. The topological polar surface area (TPSA) is 92.5 Å². The highest BCUT2D eigenvalue weighted by atomic mass is 16.5. The molecule has 8 heteroatoms. The number of nitrogens with one attached hydrogen (secondary N) is 2. The van der Waals surface area contributed by atoms with Gasteiger partial charge in [-0.05, 0) is 18.6 Å². The zero-order valence-corrected chi connectivity index (χ0v) is 15.4. The first-order valence-electron chi connectivity index (χ1n) is 9.23. The van der Waals surface area contributed by atoms with Gasteiger partial charge in [0.25, 0.3) is 5.91 Å². The van der Waals surface area contributed by atoms with E-state index in [9.17, 15) is 14.4 Å². The molecule has 144 valence electrons. The summed E-state index contributed by atoms with van der Waals surface area (Å²) in [5, 5.41) is 2.25. The molecule has 1 atom stereocenters. The van der Waals surface area contributed by atoms with E-state index >= 15 is 0 Å². The van der Waals surface area contributed by atoms with E-state index in [4.69, 9.17) is 4.74 Å². The summed E-state index contributed by atoms with van der Waals surface area (Å²) in [6, 6.07) is 6.34. The molecule has 2 heterocycles. The number of urea groups is 1. The van der Waals surface area contributed by atoms with Gasteiger partial charge in [0, 0.05) is 19.2 Å². The van der Waals surface area contributed by atoms with E-state index in [1.54, 1.807) is 12.1 Å². The van der Waals surface area contributed by atoms with Crippen LogP contribution in [0.15, 0.2) is 29.3 Å². The second-order valence-electron chi connectivity index (χ2n) is 6.75. The summed E-state index contributed by atoms with van der Waals surface area (Å²) in [6.07, 6.45) is 2.23. The molecule has 0 radical (unpaired) electrons. The van der Waals surface area contributed by atoms with E-state index in [0.29, 0.717) is 12.2 Å². The average molecular weight is 373 g/mol. The predicted molar refractivity (Wildman–Crippen MR) is 100 cm³/mol. The van der Waals surface area contributed by atoms with Crippen molar-refractivity contribution >= 4 is 29.7 Å². The fourth-order valence-corrected chi connectivity index (χ4v) is 3.27. The normalized spacial score (nSPS) is 21.7. The van der Waals surface area contributed by atoms with Gasteiger partial charge in [0.2, 0.25) is 5.91 Å². The Labute approximate surface area is 158 Å². The van der Waals surface area contributed by atoms with Gasteiger partial charge in [0.1, 0.15) is 13.1 Å². The highest BCUT2D eigenvalue weighted by molar-refractivity contribution is 6.32. The van der Waals surface area contributed by atoms with Crippen LogP contribution < -0.4 is 15.1 Å². The third-order valence-corrected chi connectivity index (χ3v) is 4.83. The van der Waals surface area contributed by atoms with Crippen molar-refractivity contribution in [2.45, 2.75) is 13.3 Å². The summed E-state index contributed by atoms with van der Waals surface area (Å²) in [7, 11) is 0. The summed E-state index contributed by atoms with van der Waals surface area (Å²) in [6.45, 7) is 6.92. The van der Waals surface area contributed by atoms with Crippen molar-refractivity contribution in [2.24, 2.45) is 10.9 Å². The lowest BCUT2D eigenvalue weighted by atomic mass is 10.0. The van der Waals surface area contributed by atoms with Crippen molar-refractivity contribution in [2.75, 3.05) is 44.3 Å². The van der Waals surface area contributed by atoms with Crippen molar-refractivity contribution in [3.63, 3.8) is 0 Å². The van der Waals surface area contributed by atoms with Gasteiger partial charge >= 0.3 is 6.03 Å². The summed E-state index contributed by atoms with van der Waals surface area (Å²) < 4.78 is 5.33. The Kier molecular flexibility index (Phi) is 6.31. The zero-order valence-electron chi connectivity index (χ0n) is 15.4. The summed E-state index contributed by atoms with van der Waals surface area (Å²) >= 11 is 0. The van der Waals surface area contributed by atoms with E-state index in [1.165, 1.54) is 11.1 Å². The lowest BCUT2D eigenvalue weighted by Gasteiger charge is -2.29. The summed E-state index contributed by atoms with van der Waals surface area (Å²) in [5.74, 6) is -2.28. The standard InChI is InChI=1S/C19H24N4O4/c1-14-5-2-3-6-16(14)23-18(25)15(17(24)21-19(23)26)13-20-7-4-8-22-9-11-27-12-10-22/h2-3,5-6,13,15H,4,7-12H2,1H3,(H,21,24,26)/p+1/t15-/m1/s1. The highest BCUT2D eigenvalue weighted by Crippen LogP contribution is 2.23. The van der Waals surface area contributed by atoms with Crippen LogP contribution in [0.5, 0.6) is 0 Å². The van der Waals surface area contributed by atoms with Crippen LogP contribution in [-0.4, -0.2) is 63.5 Å². The maximum absolute atomic E-state index is 12.7. The van der Waals surface area contributed by atoms with Gasteiger partial charge in [-0.2, -0.15) is 0 Å². The maximum Gasteiger partial charge on any atom is 0.335 e. The Bertz CT molecular complexity index is 743. The second-order valence-corrected chi connectivity index (χ2v) is 6.75. The van der Waals surface area contributed by atoms with Gasteiger partial charge in [0.05, 0.1) is 25.4 Å². The molecule has 2 N–H and O–H groups in total. The average Bonchev–Trinajstić information content (AvgIpc) is 2.66. The molecule has 0 spiro atoms. The highest BCUT2D eigenvalue weighted by Gasteiger charge is 2.40. The number of hydrogen-bond donors (Lipinski definition) is 2. The van der Waals surface area contributed by atoms with Crippen LogP contribution in [0.25, 0.3) is 0 Å². The van der Waals surface area contributed by atoms with Crippen LogP contribution in [0.3, 0.4) is 0 Å². The number of hydrogen-bond acceptors (Lipinski definition) is 5. The second kappa shape index (κ2) is 8.88. The Morgan fingerprint density at radius 3 is 2.74 bits per heavy atom. The number of carbonyl (C=O) groups is 3. The molecule has 2 saturated heterocycles. The molecule has 2 fully saturated rings. The fraction of sp³-hybridized carbons (Fsp3) is 0.474. The first kappa shape index (κ1) is 19.2. The molecule has 0 bridgehead atoms. The molecule has 0 saturated carbocycles. The molecular formula is C19H25N4O4+. The first-order chi connectivity index (χ1) is 13.1. The number of quaternary nitrogens is 1. The third kappa shape index (κ3) is 4.58. The molecule has 2 aliphatic rings. The quantitative estimate of drug-likeness (QED) is 0.402. The lowest BCUT2D eigenvalue weighted by Crippen LogP contribution is -3.14. The van der Waals surface area contributed by atoms with E-state index in [0.717, 1.165) is 49.7 Å². The molecule has 8 nitrogen and oxygen atoms in total.